The zero-order chi connectivity index (χ0) is 18.6. The van der Waals surface area contributed by atoms with Gasteiger partial charge in [0.2, 0.25) is 0 Å². The molecule has 138 valence electrons. The minimum absolute atomic E-state index is 0.0324. The molecular weight excluding hydrogens is 380 g/mol. The molecule has 25 heavy (non-hydrogen) atoms. The summed E-state index contributed by atoms with van der Waals surface area (Å²) in [5, 5.41) is 10.3. The van der Waals surface area contributed by atoms with E-state index in [1.807, 2.05) is 5.32 Å². The molecule has 5 nitrogen and oxygen atoms in total. The Kier molecular flexibility index (Phi) is 6.51. The van der Waals surface area contributed by atoms with Crippen molar-refractivity contribution in [2.75, 3.05) is 6.54 Å². The van der Waals surface area contributed by atoms with Gasteiger partial charge in [-0.05, 0) is 31.7 Å². The monoisotopic (exact) mass is 396 g/mol. The van der Waals surface area contributed by atoms with Gasteiger partial charge in [-0.3, -0.25) is 15.3 Å². The average Bonchev–Trinajstić information content (AvgIpc) is 2.54. The molecule has 2 N–H and O–H groups in total. The fourth-order valence-corrected chi connectivity index (χ4v) is 3.16. The van der Waals surface area contributed by atoms with Gasteiger partial charge in [0.05, 0.1) is 5.02 Å². The lowest BCUT2D eigenvalue weighted by atomic mass is 9.93. The van der Waals surface area contributed by atoms with Crippen LogP contribution in [0.5, 0.6) is 0 Å². The number of rotatable bonds is 3. The number of pyridine rings is 1. The van der Waals surface area contributed by atoms with Crippen molar-refractivity contribution in [3.8, 4) is 0 Å². The van der Waals surface area contributed by atoms with E-state index in [2.05, 4.69) is 4.98 Å². The van der Waals surface area contributed by atoms with E-state index in [0.29, 0.717) is 25.7 Å². The van der Waals surface area contributed by atoms with Crippen LogP contribution in [-0.2, 0) is 0 Å². The number of carbonyl (C=O) groups excluding carboxylic acids is 1. The molecule has 1 aliphatic rings. The minimum Gasteiger partial charge on any atom is -0.329 e. The smallest absolute Gasteiger partial charge is 0.329 e. The van der Waals surface area contributed by atoms with Crippen molar-refractivity contribution >= 4 is 35.1 Å². The Morgan fingerprint density at radius 3 is 2.56 bits per heavy atom. The number of hydrogen-bond acceptors (Lipinski definition) is 3. The third kappa shape index (κ3) is 5.47. The Morgan fingerprint density at radius 2 is 2.00 bits per heavy atom. The van der Waals surface area contributed by atoms with E-state index in [9.17, 15) is 18.0 Å². The van der Waals surface area contributed by atoms with Gasteiger partial charge in [-0.25, -0.2) is 4.79 Å². The molecule has 1 fully saturated rings. The molecule has 0 aromatic carbocycles. The van der Waals surface area contributed by atoms with Crippen LogP contribution < -0.4 is 5.32 Å². The maximum atomic E-state index is 12.4. The van der Waals surface area contributed by atoms with Gasteiger partial charge in [0.15, 0.2) is 0 Å². The molecule has 10 heteroatoms. The van der Waals surface area contributed by atoms with E-state index in [1.54, 1.807) is 0 Å². The highest BCUT2D eigenvalue weighted by molar-refractivity contribution is 6.34. The first-order chi connectivity index (χ1) is 11.7. The zero-order valence-corrected chi connectivity index (χ0v) is 14.6. The van der Waals surface area contributed by atoms with Crippen LogP contribution in [0.2, 0.25) is 5.02 Å². The van der Waals surface area contributed by atoms with Gasteiger partial charge in [-0.15, -0.1) is 11.6 Å². The van der Waals surface area contributed by atoms with Crippen LogP contribution in [0.1, 0.15) is 31.2 Å². The van der Waals surface area contributed by atoms with E-state index in [-0.39, 0.29) is 21.8 Å². The number of urea groups is 1. The lowest BCUT2D eigenvalue weighted by Gasteiger charge is -2.36. The summed E-state index contributed by atoms with van der Waals surface area (Å²) < 4.78 is 37.3. The predicted octanol–water partition coefficient (Wildman–Crippen LogP) is 4.18. The van der Waals surface area contributed by atoms with Crippen LogP contribution in [-0.4, -0.2) is 45.9 Å². The summed E-state index contributed by atoms with van der Waals surface area (Å²) in [6.07, 6.45) is 0.409. The summed E-state index contributed by atoms with van der Waals surface area (Å²) in [6.45, 7) is -1.47. The number of amides is 2. The van der Waals surface area contributed by atoms with Gasteiger partial charge in [0.25, 0.3) is 0 Å². The summed E-state index contributed by atoms with van der Waals surface area (Å²) >= 11 is 12.1. The average molecular weight is 397 g/mol. The Labute approximate surface area is 153 Å². The van der Waals surface area contributed by atoms with Gasteiger partial charge in [-0.1, -0.05) is 11.6 Å². The van der Waals surface area contributed by atoms with Crippen molar-refractivity contribution in [2.45, 2.75) is 43.3 Å². The lowest BCUT2D eigenvalue weighted by molar-refractivity contribution is -0.123. The number of alkyl halides is 4. The van der Waals surface area contributed by atoms with E-state index < -0.39 is 24.8 Å². The molecule has 2 rings (SSSR count). The van der Waals surface area contributed by atoms with Crippen molar-refractivity contribution in [1.29, 1.82) is 5.41 Å². The van der Waals surface area contributed by atoms with Crippen molar-refractivity contribution in [3.63, 3.8) is 0 Å². The van der Waals surface area contributed by atoms with E-state index in [0.717, 1.165) is 4.90 Å². The van der Waals surface area contributed by atoms with Crippen LogP contribution in [0.4, 0.5) is 18.0 Å². The molecule has 2 amide bonds. The second-order valence-corrected chi connectivity index (χ2v) is 6.78. The molecule has 0 unspecified atom stereocenters. The van der Waals surface area contributed by atoms with Gasteiger partial charge in [-0.2, -0.15) is 13.2 Å². The normalized spacial score (nSPS) is 20.8. The van der Waals surface area contributed by atoms with Crippen LogP contribution in [0, 0.1) is 5.41 Å². The Balaban J connectivity index is 2.24. The standard InChI is InChI=1S/C15H17Cl2F3N4O/c16-9-1-3-10(4-2-9)24(14(25)23-8-15(18,19)20)13(21)11-5-6-22-7-12(11)17/h5-7,9-10,21H,1-4,8H2,(H,23,25). The Hall–Kier alpha value is -1.54. The van der Waals surface area contributed by atoms with Gasteiger partial charge >= 0.3 is 12.2 Å². The first kappa shape index (κ1) is 19.8. The Morgan fingerprint density at radius 1 is 1.36 bits per heavy atom. The number of hydrogen-bond donors (Lipinski definition) is 2. The summed E-state index contributed by atoms with van der Waals surface area (Å²) in [6, 6.07) is 0.0511. The highest BCUT2D eigenvalue weighted by Crippen LogP contribution is 2.28. The molecule has 0 aliphatic heterocycles. The van der Waals surface area contributed by atoms with E-state index in [4.69, 9.17) is 28.6 Å². The highest BCUT2D eigenvalue weighted by atomic mass is 35.5. The van der Waals surface area contributed by atoms with Crippen molar-refractivity contribution < 1.29 is 18.0 Å². The summed E-state index contributed by atoms with van der Waals surface area (Å²) in [4.78, 5) is 17.2. The first-order valence-electron chi connectivity index (χ1n) is 7.65. The lowest BCUT2D eigenvalue weighted by Crippen LogP contribution is -2.52. The van der Waals surface area contributed by atoms with Gasteiger partial charge in [0.1, 0.15) is 12.4 Å². The third-order valence-corrected chi connectivity index (χ3v) is 4.66. The van der Waals surface area contributed by atoms with Gasteiger partial charge in [0, 0.05) is 29.4 Å². The topological polar surface area (TPSA) is 69.1 Å². The molecule has 0 spiro atoms. The summed E-state index contributed by atoms with van der Waals surface area (Å²) in [5.41, 5.74) is 0.229. The van der Waals surface area contributed by atoms with Crippen LogP contribution in [0.25, 0.3) is 0 Å². The third-order valence-electron chi connectivity index (χ3n) is 3.92. The number of halogens is 5. The molecule has 1 aromatic rings. The van der Waals surface area contributed by atoms with Crippen molar-refractivity contribution in [3.05, 3.63) is 29.0 Å². The number of carbonyl (C=O) groups is 1. The number of aromatic nitrogens is 1. The second-order valence-electron chi connectivity index (χ2n) is 5.75. The molecule has 0 atom stereocenters. The summed E-state index contributed by atoms with van der Waals surface area (Å²) in [7, 11) is 0. The quantitative estimate of drug-likeness (QED) is 0.456. The maximum Gasteiger partial charge on any atom is 0.405 e. The molecule has 0 saturated heterocycles. The molecule has 1 aromatic heterocycles. The second kappa shape index (κ2) is 8.23. The molecule has 1 aliphatic carbocycles. The highest BCUT2D eigenvalue weighted by Gasteiger charge is 2.34. The first-order valence-corrected chi connectivity index (χ1v) is 8.47. The molecule has 0 radical (unpaired) electrons. The van der Waals surface area contributed by atoms with Crippen molar-refractivity contribution in [2.24, 2.45) is 0 Å². The van der Waals surface area contributed by atoms with Crippen LogP contribution in [0.3, 0.4) is 0 Å². The molecule has 0 bridgehead atoms. The minimum atomic E-state index is -4.54. The predicted molar refractivity (Wildman–Crippen MR) is 89.3 cm³/mol. The van der Waals surface area contributed by atoms with E-state index >= 15 is 0 Å². The maximum absolute atomic E-state index is 12.4. The number of nitrogens with one attached hydrogen (secondary N) is 2. The fourth-order valence-electron chi connectivity index (χ4n) is 2.70. The number of amidine groups is 1. The van der Waals surface area contributed by atoms with Crippen molar-refractivity contribution in [1.82, 2.24) is 15.2 Å². The SMILES string of the molecule is N=C(c1ccncc1Cl)N(C(=O)NCC(F)(F)F)C1CCC(Cl)CC1. The molecule has 1 saturated carbocycles. The Bertz CT molecular complexity index is 633. The molecule has 1 heterocycles. The van der Waals surface area contributed by atoms with Gasteiger partial charge < -0.3 is 5.32 Å². The fraction of sp³-hybridized carbons (Fsp3) is 0.533. The van der Waals surface area contributed by atoms with Crippen LogP contribution >= 0.6 is 23.2 Å². The largest absolute Gasteiger partial charge is 0.405 e. The summed E-state index contributed by atoms with van der Waals surface area (Å²) in [5.74, 6) is -0.259. The van der Waals surface area contributed by atoms with Crippen LogP contribution in [0.15, 0.2) is 18.5 Å². The zero-order valence-electron chi connectivity index (χ0n) is 13.1. The molecular formula is C15H17Cl2F3N4O. The number of nitrogens with zero attached hydrogens (tertiary/aromatic N) is 2. The van der Waals surface area contributed by atoms with E-state index in [1.165, 1.54) is 18.5 Å².